The Morgan fingerprint density at radius 2 is 1.64 bits per heavy atom. The van der Waals surface area contributed by atoms with Crippen LogP contribution >= 0.6 is 0 Å². The number of hydrogen-bond donors (Lipinski definition) is 2. The van der Waals surface area contributed by atoms with Gasteiger partial charge in [0.2, 0.25) is 0 Å². The summed E-state index contributed by atoms with van der Waals surface area (Å²) in [4.78, 5) is 17.0. The Balaban J connectivity index is 1.52. The monoisotopic (exact) mass is 370 g/mol. The van der Waals surface area contributed by atoms with Crippen molar-refractivity contribution in [3.8, 4) is 11.4 Å². The van der Waals surface area contributed by atoms with Crippen molar-refractivity contribution in [3.63, 3.8) is 0 Å². The molecule has 5 nitrogen and oxygen atoms in total. The SMILES string of the molecule is Cc1ccc(-c2nc3ccccc3n2CCNC(=O)Nc2ccccc2)cc1. The largest absolute Gasteiger partial charge is 0.336 e. The number of amides is 2. The number of para-hydroxylation sites is 3. The molecule has 2 amide bonds. The molecule has 0 bridgehead atoms. The molecule has 4 aromatic rings. The molecule has 28 heavy (non-hydrogen) atoms. The molecule has 0 aliphatic carbocycles. The summed E-state index contributed by atoms with van der Waals surface area (Å²) < 4.78 is 2.16. The Morgan fingerprint density at radius 3 is 2.43 bits per heavy atom. The van der Waals surface area contributed by atoms with E-state index in [0.717, 1.165) is 28.1 Å². The van der Waals surface area contributed by atoms with E-state index in [1.807, 2.05) is 48.5 Å². The first-order valence-electron chi connectivity index (χ1n) is 9.33. The zero-order valence-corrected chi connectivity index (χ0v) is 15.7. The Morgan fingerprint density at radius 1 is 0.929 bits per heavy atom. The van der Waals surface area contributed by atoms with Crippen molar-refractivity contribution in [1.82, 2.24) is 14.9 Å². The van der Waals surface area contributed by atoms with Gasteiger partial charge in [0, 0.05) is 24.3 Å². The number of fused-ring (bicyclic) bond motifs is 1. The number of aromatic nitrogens is 2. The van der Waals surface area contributed by atoms with E-state index in [-0.39, 0.29) is 6.03 Å². The molecule has 140 valence electrons. The summed E-state index contributed by atoms with van der Waals surface area (Å²) in [5, 5.41) is 5.76. The average Bonchev–Trinajstić information content (AvgIpc) is 3.08. The van der Waals surface area contributed by atoms with Crippen LogP contribution in [0.3, 0.4) is 0 Å². The molecule has 4 rings (SSSR count). The van der Waals surface area contributed by atoms with Crippen LogP contribution in [-0.4, -0.2) is 22.1 Å². The van der Waals surface area contributed by atoms with Crippen molar-refractivity contribution in [2.75, 3.05) is 11.9 Å². The number of carbonyl (C=O) groups is 1. The maximum atomic E-state index is 12.1. The van der Waals surface area contributed by atoms with Crippen molar-refractivity contribution in [2.24, 2.45) is 0 Å². The van der Waals surface area contributed by atoms with Crippen LogP contribution in [0, 0.1) is 6.92 Å². The minimum atomic E-state index is -0.215. The quantitative estimate of drug-likeness (QED) is 0.528. The molecule has 2 N–H and O–H groups in total. The molecular weight excluding hydrogens is 348 g/mol. The Labute approximate surface area is 164 Å². The highest BCUT2D eigenvalue weighted by Crippen LogP contribution is 2.25. The Hall–Kier alpha value is -3.60. The van der Waals surface area contributed by atoms with Crippen molar-refractivity contribution in [3.05, 3.63) is 84.4 Å². The minimum absolute atomic E-state index is 0.215. The summed E-state index contributed by atoms with van der Waals surface area (Å²) in [6.45, 7) is 3.20. The van der Waals surface area contributed by atoms with Crippen LogP contribution in [0.1, 0.15) is 5.56 Å². The molecule has 0 saturated heterocycles. The summed E-state index contributed by atoms with van der Waals surface area (Å²) in [7, 11) is 0. The van der Waals surface area contributed by atoms with E-state index >= 15 is 0 Å². The van der Waals surface area contributed by atoms with Crippen LogP contribution in [-0.2, 0) is 6.54 Å². The van der Waals surface area contributed by atoms with Gasteiger partial charge in [0.05, 0.1) is 11.0 Å². The number of nitrogens with zero attached hydrogens (tertiary/aromatic N) is 2. The highest BCUT2D eigenvalue weighted by Gasteiger charge is 2.12. The lowest BCUT2D eigenvalue weighted by Crippen LogP contribution is -2.31. The van der Waals surface area contributed by atoms with Crippen molar-refractivity contribution < 1.29 is 4.79 Å². The summed E-state index contributed by atoms with van der Waals surface area (Å²) in [5.41, 5.74) is 5.06. The standard InChI is InChI=1S/C23H22N4O/c1-17-11-13-18(14-12-17)22-26-20-9-5-6-10-21(20)27(22)16-15-24-23(28)25-19-7-3-2-4-8-19/h2-14H,15-16H2,1H3,(H2,24,25,28). The van der Waals surface area contributed by atoms with Gasteiger partial charge >= 0.3 is 6.03 Å². The Bertz CT molecular complexity index is 1080. The normalized spacial score (nSPS) is 10.8. The fraction of sp³-hybridized carbons (Fsp3) is 0.130. The van der Waals surface area contributed by atoms with E-state index in [9.17, 15) is 4.79 Å². The van der Waals surface area contributed by atoms with Crippen molar-refractivity contribution in [2.45, 2.75) is 13.5 Å². The predicted molar refractivity (Wildman–Crippen MR) is 113 cm³/mol. The first-order chi connectivity index (χ1) is 13.7. The smallest absolute Gasteiger partial charge is 0.319 e. The lowest BCUT2D eigenvalue weighted by atomic mass is 10.1. The maximum absolute atomic E-state index is 12.1. The van der Waals surface area contributed by atoms with E-state index in [4.69, 9.17) is 4.98 Å². The number of nitrogens with one attached hydrogen (secondary N) is 2. The van der Waals surface area contributed by atoms with Gasteiger partial charge < -0.3 is 15.2 Å². The minimum Gasteiger partial charge on any atom is -0.336 e. The van der Waals surface area contributed by atoms with Crippen molar-refractivity contribution in [1.29, 1.82) is 0 Å². The van der Waals surface area contributed by atoms with E-state index in [2.05, 4.69) is 52.5 Å². The molecule has 0 atom stereocenters. The number of urea groups is 1. The average molecular weight is 370 g/mol. The van der Waals surface area contributed by atoms with Crippen LogP contribution in [0.5, 0.6) is 0 Å². The third-order valence-corrected chi connectivity index (χ3v) is 4.62. The topological polar surface area (TPSA) is 59.0 Å². The van der Waals surface area contributed by atoms with E-state index in [1.165, 1.54) is 5.56 Å². The number of anilines is 1. The van der Waals surface area contributed by atoms with Gasteiger partial charge in [0.25, 0.3) is 0 Å². The molecule has 1 heterocycles. The van der Waals surface area contributed by atoms with Gasteiger partial charge in [-0.15, -0.1) is 0 Å². The highest BCUT2D eigenvalue weighted by atomic mass is 16.2. The number of benzene rings is 3. The van der Waals surface area contributed by atoms with E-state index in [0.29, 0.717) is 13.1 Å². The number of aryl methyl sites for hydroxylation is 1. The highest BCUT2D eigenvalue weighted by molar-refractivity contribution is 5.89. The fourth-order valence-electron chi connectivity index (χ4n) is 3.20. The second-order valence-corrected chi connectivity index (χ2v) is 6.69. The van der Waals surface area contributed by atoms with Gasteiger partial charge in [-0.05, 0) is 31.2 Å². The summed E-state index contributed by atoms with van der Waals surface area (Å²) in [6.07, 6.45) is 0. The third-order valence-electron chi connectivity index (χ3n) is 4.62. The van der Waals surface area contributed by atoms with Gasteiger partial charge in [0.15, 0.2) is 0 Å². The first kappa shape index (κ1) is 17.8. The second-order valence-electron chi connectivity index (χ2n) is 6.69. The summed E-state index contributed by atoms with van der Waals surface area (Å²) in [5.74, 6) is 0.909. The molecule has 3 aromatic carbocycles. The predicted octanol–water partition coefficient (Wildman–Crippen LogP) is 4.83. The van der Waals surface area contributed by atoms with E-state index < -0.39 is 0 Å². The van der Waals surface area contributed by atoms with Crippen LogP contribution < -0.4 is 10.6 Å². The second kappa shape index (κ2) is 7.96. The third kappa shape index (κ3) is 3.88. The number of rotatable bonds is 5. The molecule has 0 aliphatic heterocycles. The van der Waals surface area contributed by atoms with Crippen LogP contribution in [0.15, 0.2) is 78.9 Å². The number of imidazole rings is 1. The number of hydrogen-bond acceptors (Lipinski definition) is 2. The van der Waals surface area contributed by atoms with Gasteiger partial charge in [-0.1, -0.05) is 60.2 Å². The zero-order chi connectivity index (χ0) is 19.3. The van der Waals surface area contributed by atoms with E-state index in [1.54, 1.807) is 0 Å². The lowest BCUT2D eigenvalue weighted by molar-refractivity contribution is 0.251. The van der Waals surface area contributed by atoms with Crippen LogP contribution in [0.2, 0.25) is 0 Å². The maximum Gasteiger partial charge on any atom is 0.319 e. The molecule has 0 spiro atoms. The molecule has 0 unspecified atom stereocenters. The zero-order valence-electron chi connectivity index (χ0n) is 15.7. The fourth-order valence-corrected chi connectivity index (χ4v) is 3.20. The molecule has 0 saturated carbocycles. The van der Waals surface area contributed by atoms with Gasteiger partial charge in [0.1, 0.15) is 5.82 Å². The first-order valence-corrected chi connectivity index (χ1v) is 9.33. The molecule has 1 aromatic heterocycles. The van der Waals surface area contributed by atoms with Crippen LogP contribution in [0.25, 0.3) is 22.4 Å². The van der Waals surface area contributed by atoms with Gasteiger partial charge in [-0.3, -0.25) is 0 Å². The Kier molecular flexibility index (Phi) is 5.06. The molecule has 0 fully saturated rings. The van der Waals surface area contributed by atoms with Gasteiger partial charge in [-0.2, -0.15) is 0 Å². The molecule has 5 heteroatoms. The summed E-state index contributed by atoms with van der Waals surface area (Å²) in [6, 6.07) is 25.6. The van der Waals surface area contributed by atoms with Crippen molar-refractivity contribution >= 4 is 22.8 Å². The molecule has 0 radical (unpaired) electrons. The van der Waals surface area contributed by atoms with Crippen LogP contribution in [0.4, 0.5) is 10.5 Å². The lowest BCUT2D eigenvalue weighted by Gasteiger charge is -2.11. The summed E-state index contributed by atoms with van der Waals surface area (Å²) >= 11 is 0. The van der Waals surface area contributed by atoms with Gasteiger partial charge in [-0.25, -0.2) is 9.78 Å². The molecule has 0 aliphatic rings. The molecular formula is C23H22N4O. The number of carbonyl (C=O) groups excluding carboxylic acids is 1.